The Kier molecular flexibility index (Phi) is 3.53. The number of rotatable bonds is 4. The van der Waals surface area contributed by atoms with Crippen LogP contribution in [0.3, 0.4) is 0 Å². The van der Waals surface area contributed by atoms with Gasteiger partial charge in [0, 0.05) is 43.6 Å². The van der Waals surface area contributed by atoms with Crippen molar-refractivity contribution in [1.82, 2.24) is 10.2 Å². The molecule has 2 amide bonds. The largest absolute Gasteiger partial charge is 0.456 e. The SMILES string of the molecule is Cc1cc(=O)cc(C(=O)NC[C@H]2CC(=O)N(C3CC3)C2)o1. The summed E-state index contributed by atoms with van der Waals surface area (Å²) in [5.74, 6) is 0.331. The van der Waals surface area contributed by atoms with Crippen molar-refractivity contribution in [2.75, 3.05) is 13.1 Å². The second-order valence-corrected chi connectivity index (χ2v) is 5.83. The van der Waals surface area contributed by atoms with Crippen molar-refractivity contribution < 1.29 is 14.0 Å². The van der Waals surface area contributed by atoms with Crippen molar-refractivity contribution in [2.45, 2.75) is 32.2 Å². The first-order valence-corrected chi connectivity index (χ1v) is 7.22. The van der Waals surface area contributed by atoms with E-state index in [1.54, 1.807) is 6.92 Å². The lowest BCUT2D eigenvalue weighted by molar-refractivity contribution is -0.128. The summed E-state index contributed by atoms with van der Waals surface area (Å²) in [4.78, 5) is 37.1. The molecule has 0 unspecified atom stereocenters. The molecule has 1 atom stereocenters. The summed E-state index contributed by atoms with van der Waals surface area (Å²) in [6.07, 6.45) is 2.67. The summed E-state index contributed by atoms with van der Waals surface area (Å²) in [5, 5.41) is 2.75. The molecule has 1 N–H and O–H groups in total. The molecule has 6 heteroatoms. The van der Waals surface area contributed by atoms with Crippen LogP contribution in [-0.4, -0.2) is 35.8 Å². The van der Waals surface area contributed by atoms with Crippen molar-refractivity contribution in [3.63, 3.8) is 0 Å². The fraction of sp³-hybridized carbons (Fsp3) is 0.533. The van der Waals surface area contributed by atoms with E-state index in [-0.39, 0.29) is 23.0 Å². The van der Waals surface area contributed by atoms with Gasteiger partial charge in [-0.05, 0) is 19.8 Å². The van der Waals surface area contributed by atoms with Gasteiger partial charge in [-0.3, -0.25) is 14.4 Å². The van der Waals surface area contributed by atoms with Gasteiger partial charge in [-0.1, -0.05) is 0 Å². The van der Waals surface area contributed by atoms with Crippen LogP contribution in [0.25, 0.3) is 0 Å². The molecule has 2 fully saturated rings. The van der Waals surface area contributed by atoms with Crippen molar-refractivity contribution in [1.29, 1.82) is 0 Å². The minimum absolute atomic E-state index is 0.0170. The van der Waals surface area contributed by atoms with Crippen LogP contribution < -0.4 is 10.7 Å². The summed E-state index contributed by atoms with van der Waals surface area (Å²) in [7, 11) is 0. The molecule has 1 aromatic rings. The summed E-state index contributed by atoms with van der Waals surface area (Å²) < 4.78 is 5.24. The molecule has 1 saturated carbocycles. The van der Waals surface area contributed by atoms with E-state index in [9.17, 15) is 14.4 Å². The van der Waals surface area contributed by atoms with E-state index in [0.29, 0.717) is 31.3 Å². The third-order valence-corrected chi connectivity index (χ3v) is 3.89. The number of hydrogen-bond acceptors (Lipinski definition) is 4. The lowest BCUT2D eigenvalue weighted by Crippen LogP contribution is -2.32. The van der Waals surface area contributed by atoms with Gasteiger partial charge in [0.05, 0.1) is 0 Å². The van der Waals surface area contributed by atoms with E-state index in [1.807, 2.05) is 4.90 Å². The molecule has 6 nitrogen and oxygen atoms in total. The van der Waals surface area contributed by atoms with E-state index < -0.39 is 5.91 Å². The highest BCUT2D eigenvalue weighted by Gasteiger charge is 2.39. The molecular formula is C15H18N2O4. The molecule has 2 aliphatic rings. The number of nitrogens with zero attached hydrogens (tertiary/aromatic N) is 1. The van der Waals surface area contributed by atoms with Crippen LogP contribution in [0.15, 0.2) is 21.3 Å². The maximum atomic E-state index is 12.0. The predicted molar refractivity (Wildman–Crippen MR) is 74.9 cm³/mol. The predicted octanol–water partition coefficient (Wildman–Crippen LogP) is 0.689. The van der Waals surface area contributed by atoms with Crippen LogP contribution >= 0.6 is 0 Å². The Balaban J connectivity index is 1.56. The molecule has 0 bridgehead atoms. The lowest BCUT2D eigenvalue weighted by Gasteiger charge is -2.15. The standard InChI is InChI=1S/C15H18N2O4/c1-9-4-12(18)6-13(21-9)15(20)16-7-10-5-14(19)17(8-10)11-2-3-11/h4,6,10-11H,2-3,5,7-8H2,1H3,(H,16,20)/t10-/m1/s1. The van der Waals surface area contributed by atoms with E-state index in [0.717, 1.165) is 12.8 Å². The zero-order valence-corrected chi connectivity index (χ0v) is 11.9. The molecular weight excluding hydrogens is 272 g/mol. The summed E-state index contributed by atoms with van der Waals surface area (Å²) in [6.45, 7) is 2.76. The third-order valence-electron chi connectivity index (χ3n) is 3.89. The van der Waals surface area contributed by atoms with Crippen molar-refractivity contribution in [3.8, 4) is 0 Å². The second kappa shape index (κ2) is 5.35. The molecule has 1 saturated heterocycles. The summed E-state index contributed by atoms with van der Waals surface area (Å²) in [6, 6.07) is 2.94. The summed E-state index contributed by atoms with van der Waals surface area (Å²) >= 11 is 0. The van der Waals surface area contributed by atoms with Gasteiger partial charge in [-0.25, -0.2) is 0 Å². The first-order valence-electron chi connectivity index (χ1n) is 7.22. The van der Waals surface area contributed by atoms with Crippen LogP contribution in [0, 0.1) is 12.8 Å². The van der Waals surface area contributed by atoms with Gasteiger partial charge in [0.15, 0.2) is 11.2 Å². The van der Waals surface area contributed by atoms with Gasteiger partial charge in [-0.2, -0.15) is 0 Å². The van der Waals surface area contributed by atoms with Crippen LogP contribution in [-0.2, 0) is 4.79 Å². The van der Waals surface area contributed by atoms with Gasteiger partial charge in [0.25, 0.3) is 5.91 Å². The zero-order valence-electron chi connectivity index (χ0n) is 11.9. The third kappa shape index (κ3) is 3.15. The molecule has 1 aliphatic carbocycles. The molecule has 0 aromatic carbocycles. The minimum atomic E-state index is -0.409. The number of carbonyl (C=O) groups excluding carboxylic acids is 2. The second-order valence-electron chi connectivity index (χ2n) is 5.83. The minimum Gasteiger partial charge on any atom is -0.456 e. The van der Waals surface area contributed by atoms with Crippen LogP contribution in [0.5, 0.6) is 0 Å². The summed E-state index contributed by atoms with van der Waals surface area (Å²) in [5.41, 5.74) is -0.250. The van der Waals surface area contributed by atoms with Crippen LogP contribution in [0.4, 0.5) is 0 Å². The van der Waals surface area contributed by atoms with Gasteiger partial charge in [-0.15, -0.1) is 0 Å². The molecule has 0 radical (unpaired) electrons. The van der Waals surface area contributed by atoms with E-state index in [2.05, 4.69) is 5.32 Å². The van der Waals surface area contributed by atoms with Gasteiger partial charge >= 0.3 is 0 Å². The molecule has 21 heavy (non-hydrogen) atoms. The quantitative estimate of drug-likeness (QED) is 0.884. The van der Waals surface area contributed by atoms with Gasteiger partial charge in [0.1, 0.15) is 5.76 Å². The molecule has 0 spiro atoms. The first kappa shape index (κ1) is 13.9. The topological polar surface area (TPSA) is 79.6 Å². The van der Waals surface area contributed by atoms with Crippen molar-refractivity contribution >= 4 is 11.8 Å². The molecule has 1 aromatic heterocycles. The first-order chi connectivity index (χ1) is 10.0. The van der Waals surface area contributed by atoms with E-state index >= 15 is 0 Å². The number of aryl methyl sites for hydroxylation is 1. The zero-order chi connectivity index (χ0) is 15.0. The molecule has 2 heterocycles. The highest BCUT2D eigenvalue weighted by molar-refractivity contribution is 5.91. The van der Waals surface area contributed by atoms with Crippen molar-refractivity contribution in [3.05, 3.63) is 33.9 Å². The maximum absolute atomic E-state index is 12.0. The molecule has 112 valence electrons. The Morgan fingerprint density at radius 3 is 2.81 bits per heavy atom. The number of nitrogens with one attached hydrogen (secondary N) is 1. The highest BCUT2D eigenvalue weighted by Crippen LogP contribution is 2.32. The Morgan fingerprint density at radius 2 is 2.14 bits per heavy atom. The fourth-order valence-electron chi connectivity index (χ4n) is 2.72. The maximum Gasteiger partial charge on any atom is 0.287 e. The average molecular weight is 290 g/mol. The van der Waals surface area contributed by atoms with E-state index in [4.69, 9.17) is 4.42 Å². The smallest absolute Gasteiger partial charge is 0.287 e. The number of amides is 2. The normalized spacial score (nSPS) is 21.7. The van der Waals surface area contributed by atoms with Crippen molar-refractivity contribution in [2.24, 2.45) is 5.92 Å². The lowest BCUT2D eigenvalue weighted by atomic mass is 10.1. The Bertz CT molecular complexity index is 633. The Morgan fingerprint density at radius 1 is 1.38 bits per heavy atom. The fourth-order valence-corrected chi connectivity index (χ4v) is 2.72. The number of hydrogen-bond donors (Lipinski definition) is 1. The Labute approximate surface area is 122 Å². The van der Waals surface area contributed by atoms with Crippen LogP contribution in [0.1, 0.15) is 35.6 Å². The molecule has 1 aliphatic heterocycles. The number of carbonyl (C=O) groups is 2. The van der Waals surface area contributed by atoms with Crippen LogP contribution in [0.2, 0.25) is 0 Å². The highest BCUT2D eigenvalue weighted by atomic mass is 16.3. The molecule has 3 rings (SSSR count). The van der Waals surface area contributed by atoms with Gasteiger partial charge in [0.2, 0.25) is 5.91 Å². The van der Waals surface area contributed by atoms with Gasteiger partial charge < -0.3 is 14.6 Å². The average Bonchev–Trinajstić information content (AvgIpc) is 3.19. The monoisotopic (exact) mass is 290 g/mol. The number of likely N-dealkylation sites (tertiary alicyclic amines) is 1. The Hall–Kier alpha value is -2.11. The van der Waals surface area contributed by atoms with E-state index in [1.165, 1.54) is 12.1 Å².